The van der Waals surface area contributed by atoms with Gasteiger partial charge in [0.1, 0.15) is 0 Å². The first kappa shape index (κ1) is 13.7. The van der Waals surface area contributed by atoms with Gasteiger partial charge in [-0.1, -0.05) is 0 Å². The van der Waals surface area contributed by atoms with Gasteiger partial charge in [0.15, 0.2) is 0 Å². The predicted molar refractivity (Wildman–Crippen MR) is 63.8 cm³/mol. The van der Waals surface area contributed by atoms with Gasteiger partial charge in [0.2, 0.25) is 0 Å². The molecule has 0 fully saturated rings. The molecule has 1 aliphatic heterocycles. The van der Waals surface area contributed by atoms with E-state index in [0.29, 0.717) is 30.4 Å². The van der Waals surface area contributed by atoms with Crippen molar-refractivity contribution in [2.75, 3.05) is 13.1 Å². The van der Waals surface area contributed by atoms with Gasteiger partial charge in [-0.2, -0.15) is 5.10 Å². The van der Waals surface area contributed by atoms with E-state index in [1.54, 1.807) is 10.9 Å². The Bertz CT molecular complexity index is 444. The number of hydrogen-bond acceptors (Lipinski definition) is 3. The third-order valence-electron chi connectivity index (χ3n) is 2.51. The molecule has 3 N–H and O–H groups in total. The zero-order valence-electron chi connectivity index (χ0n) is 9.15. The Labute approximate surface area is 104 Å². The lowest BCUT2D eigenvalue weighted by Gasteiger charge is -2.09. The Morgan fingerprint density at radius 1 is 1.71 bits per heavy atom. The summed E-state index contributed by atoms with van der Waals surface area (Å²) in [5.41, 5.74) is 7.13. The minimum absolute atomic E-state index is 0. The summed E-state index contributed by atoms with van der Waals surface area (Å²) >= 11 is 0. The first-order chi connectivity index (χ1) is 7.74. The van der Waals surface area contributed by atoms with Gasteiger partial charge < -0.3 is 11.1 Å². The van der Waals surface area contributed by atoms with Crippen LogP contribution < -0.4 is 11.1 Å². The van der Waals surface area contributed by atoms with Gasteiger partial charge in [0, 0.05) is 25.7 Å². The van der Waals surface area contributed by atoms with E-state index in [9.17, 15) is 9.18 Å². The van der Waals surface area contributed by atoms with Crippen LogP contribution >= 0.6 is 12.4 Å². The topological polar surface area (TPSA) is 72.9 Å². The molecule has 1 aromatic rings. The standard InChI is InChI=1S/C10H13FN4O.ClH/c11-3-7(4-12)5-15-6-8-9(14-15)1-2-13-10(8)16;/h3,6H,1-2,4-5,12H2,(H,13,16);1H. The zero-order chi connectivity index (χ0) is 11.5. The van der Waals surface area contributed by atoms with E-state index in [4.69, 9.17) is 5.73 Å². The molecule has 5 nitrogen and oxygen atoms in total. The SMILES string of the molecule is Cl.NCC(=CF)Cn1cc2c(n1)CCNC2=O. The Morgan fingerprint density at radius 2 is 2.47 bits per heavy atom. The lowest BCUT2D eigenvalue weighted by atomic mass is 10.1. The number of fused-ring (bicyclic) bond motifs is 1. The second kappa shape index (κ2) is 5.79. The molecule has 0 bridgehead atoms. The molecule has 7 heteroatoms. The molecule has 0 spiro atoms. The lowest BCUT2D eigenvalue weighted by Crippen LogP contribution is -2.31. The highest BCUT2D eigenvalue weighted by Crippen LogP contribution is 2.12. The fraction of sp³-hybridized carbons (Fsp3) is 0.400. The van der Waals surface area contributed by atoms with Crippen LogP contribution in [0.3, 0.4) is 0 Å². The van der Waals surface area contributed by atoms with Crippen molar-refractivity contribution in [3.63, 3.8) is 0 Å². The summed E-state index contributed by atoms with van der Waals surface area (Å²) in [5, 5.41) is 6.96. The summed E-state index contributed by atoms with van der Waals surface area (Å²) < 4.78 is 13.9. The Kier molecular flexibility index (Phi) is 4.65. The van der Waals surface area contributed by atoms with Crippen molar-refractivity contribution in [3.05, 3.63) is 29.4 Å². The summed E-state index contributed by atoms with van der Waals surface area (Å²) in [7, 11) is 0. The number of amides is 1. The summed E-state index contributed by atoms with van der Waals surface area (Å²) in [5.74, 6) is -0.119. The molecule has 1 aromatic heterocycles. The van der Waals surface area contributed by atoms with Crippen molar-refractivity contribution < 1.29 is 9.18 Å². The van der Waals surface area contributed by atoms with Crippen molar-refractivity contribution in [2.24, 2.45) is 5.73 Å². The molecule has 0 saturated carbocycles. The fourth-order valence-corrected chi connectivity index (χ4v) is 1.66. The molecule has 1 aliphatic rings. The average Bonchev–Trinajstić information content (AvgIpc) is 2.70. The summed E-state index contributed by atoms with van der Waals surface area (Å²) in [4.78, 5) is 11.4. The predicted octanol–water partition coefficient (Wildman–Crippen LogP) is 0.403. The maximum atomic E-state index is 12.3. The highest BCUT2D eigenvalue weighted by atomic mass is 35.5. The zero-order valence-corrected chi connectivity index (χ0v) is 9.97. The third-order valence-corrected chi connectivity index (χ3v) is 2.51. The van der Waals surface area contributed by atoms with E-state index >= 15 is 0 Å². The number of rotatable bonds is 3. The largest absolute Gasteiger partial charge is 0.352 e. The molecule has 0 aliphatic carbocycles. The Hall–Kier alpha value is -1.40. The molecule has 1 amide bonds. The van der Waals surface area contributed by atoms with E-state index in [1.165, 1.54) is 0 Å². The number of aromatic nitrogens is 2. The van der Waals surface area contributed by atoms with Gasteiger partial charge in [-0.25, -0.2) is 4.39 Å². The summed E-state index contributed by atoms with van der Waals surface area (Å²) in [6.07, 6.45) is 2.83. The number of hydrogen-bond donors (Lipinski definition) is 2. The van der Waals surface area contributed by atoms with Crippen LogP contribution in [0.1, 0.15) is 16.1 Å². The maximum Gasteiger partial charge on any atom is 0.254 e. The van der Waals surface area contributed by atoms with Crippen molar-refractivity contribution in [1.29, 1.82) is 0 Å². The van der Waals surface area contributed by atoms with Crippen LogP contribution in [-0.4, -0.2) is 28.8 Å². The van der Waals surface area contributed by atoms with E-state index in [2.05, 4.69) is 10.4 Å². The van der Waals surface area contributed by atoms with Gasteiger partial charge in [-0.15, -0.1) is 12.4 Å². The quantitative estimate of drug-likeness (QED) is 0.826. The minimum atomic E-state index is -0.119. The van der Waals surface area contributed by atoms with Gasteiger partial charge in [-0.3, -0.25) is 9.48 Å². The normalized spacial score (nSPS) is 14.9. The molecule has 0 radical (unpaired) electrons. The summed E-state index contributed by atoms with van der Waals surface area (Å²) in [6.45, 7) is 1.03. The van der Waals surface area contributed by atoms with Crippen LogP contribution in [0, 0.1) is 0 Å². The Morgan fingerprint density at radius 3 is 3.06 bits per heavy atom. The van der Waals surface area contributed by atoms with Crippen molar-refractivity contribution in [2.45, 2.75) is 13.0 Å². The average molecular weight is 261 g/mol. The van der Waals surface area contributed by atoms with Crippen molar-refractivity contribution in [3.8, 4) is 0 Å². The number of nitrogens with one attached hydrogen (secondary N) is 1. The first-order valence-electron chi connectivity index (χ1n) is 5.07. The number of carbonyl (C=O) groups is 1. The van der Waals surface area contributed by atoms with E-state index < -0.39 is 0 Å². The molecular formula is C10H14ClFN4O. The van der Waals surface area contributed by atoms with Gasteiger partial charge in [0.25, 0.3) is 5.91 Å². The number of nitrogens with two attached hydrogens (primary N) is 1. The lowest BCUT2D eigenvalue weighted by molar-refractivity contribution is 0.0946. The monoisotopic (exact) mass is 260 g/mol. The summed E-state index contributed by atoms with van der Waals surface area (Å²) in [6, 6.07) is 0. The van der Waals surface area contributed by atoms with Crippen LogP contribution in [0.5, 0.6) is 0 Å². The third kappa shape index (κ3) is 2.83. The van der Waals surface area contributed by atoms with E-state index in [0.717, 1.165) is 5.69 Å². The number of halogens is 2. The van der Waals surface area contributed by atoms with Crippen molar-refractivity contribution in [1.82, 2.24) is 15.1 Å². The fourth-order valence-electron chi connectivity index (χ4n) is 1.66. The maximum absolute atomic E-state index is 12.3. The van der Waals surface area contributed by atoms with Gasteiger partial charge >= 0.3 is 0 Å². The van der Waals surface area contributed by atoms with E-state index in [1.807, 2.05) is 0 Å². The highest BCUT2D eigenvalue weighted by Gasteiger charge is 2.20. The van der Waals surface area contributed by atoms with Crippen LogP contribution in [-0.2, 0) is 13.0 Å². The van der Waals surface area contributed by atoms with Crippen molar-refractivity contribution >= 4 is 18.3 Å². The molecule has 0 saturated heterocycles. The Balaban J connectivity index is 0.00000144. The van der Waals surface area contributed by atoms with Gasteiger partial charge in [-0.05, 0) is 5.57 Å². The molecule has 2 heterocycles. The smallest absolute Gasteiger partial charge is 0.254 e. The van der Waals surface area contributed by atoms with Crippen LogP contribution in [0.15, 0.2) is 18.1 Å². The highest BCUT2D eigenvalue weighted by molar-refractivity contribution is 5.96. The minimum Gasteiger partial charge on any atom is -0.352 e. The first-order valence-corrected chi connectivity index (χ1v) is 5.07. The molecular weight excluding hydrogens is 247 g/mol. The molecule has 17 heavy (non-hydrogen) atoms. The molecule has 0 unspecified atom stereocenters. The van der Waals surface area contributed by atoms with Crippen LogP contribution in [0.25, 0.3) is 0 Å². The molecule has 2 rings (SSSR count). The van der Waals surface area contributed by atoms with E-state index in [-0.39, 0.29) is 31.4 Å². The van der Waals surface area contributed by atoms with Crippen LogP contribution in [0.4, 0.5) is 4.39 Å². The molecule has 94 valence electrons. The molecule has 0 atom stereocenters. The molecule has 0 aromatic carbocycles. The second-order valence-corrected chi connectivity index (χ2v) is 3.66. The number of carbonyl (C=O) groups excluding carboxylic acids is 1. The van der Waals surface area contributed by atoms with Crippen LogP contribution in [0.2, 0.25) is 0 Å². The number of nitrogens with zero attached hydrogens (tertiary/aromatic N) is 2. The second-order valence-electron chi connectivity index (χ2n) is 3.66. The van der Waals surface area contributed by atoms with Gasteiger partial charge in [0.05, 0.1) is 24.1 Å².